The zero-order chi connectivity index (χ0) is 14.8. The van der Waals surface area contributed by atoms with Crippen LogP contribution in [0, 0.1) is 17.8 Å². The van der Waals surface area contributed by atoms with Gasteiger partial charge < -0.3 is 4.74 Å². The van der Waals surface area contributed by atoms with E-state index in [1.54, 1.807) is 6.92 Å². The highest BCUT2D eigenvalue weighted by atomic mass is 35.6. The molecule has 1 aromatic carbocycles. The maximum Gasteiger partial charge on any atom is 0.309 e. The number of ether oxygens (including phenoxy) is 1. The van der Waals surface area contributed by atoms with Crippen LogP contribution in [0.2, 0.25) is 0 Å². The maximum atomic E-state index is 11.9. The number of hydrogen-bond donors (Lipinski definition) is 0. The Morgan fingerprint density at radius 2 is 1.90 bits per heavy atom. The van der Waals surface area contributed by atoms with Gasteiger partial charge in [0.25, 0.3) is 0 Å². The van der Waals surface area contributed by atoms with E-state index in [0.717, 1.165) is 12.8 Å². The molecule has 0 bridgehead atoms. The lowest BCUT2D eigenvalue weighted by Crippen LogP contribution is -2.14. The molecule has 0 N–H and O–H groups in total. The SMILES string of the molecule is CCOC(=O)[C@@H]1[C@H](CCc2ccccc2)[C@H]1C(Cl)(Cl)Cl. The van der Waals surface area contributed by atoms with Crippen LogP contribution in [0.5, 0.6) is 0 Å². The van der Waals surface area contributed by atoms with E-state index in [2.05, 4.69) is 12.1 Å². The average Bonchev–Trinajstić information content (AvgIpc) is 3.12. The molecule has 3 atom stereocenters. The Hall–Kier alpha value is -0.440. The number of esters is 1. The smallest absolute Gasteiger partial charge is 0.309 e. The molecule has 0 unspecified atom stereocenters. The van der Waals surface area contributed by atoms with Crippen LogP contribution < -0.4 is 0 Å². The number of aryl methyl sites for hydroxylation is 1. The van der Waals surface area contributed by atoms with Gasteiger partial charge in [0.1, 0.15) is 0 Å². The molecule has 0 spiro atoms. The Balaban J connectivity index is 1.97. The van der Waals surface area contributed by atoms with Crippen molar-refractivity contribution in [3.63, 3.8) is 0 Å². The lowest BCUT2D eigenvalue weighted by atomic mass is 10.1. The minimum Gasteiger partial charge on any atom is -0.466 e. The third-order valence-electron chi connectivity index (χ3n) is 3.71. The Labute approximate surface area is 134 Å². The molecule has 110 valence electrons. The van der Waals surface area contributed by atoms with Crippen molar-refractivity contribution in [2.75, 3.05) is 6.61 Å². The largest absolute Gasteiger partial charge is 0.466 e. The molecular formula is C15H17Cl3O2. The highest BCUT2D eigenvalue weighted by Gasteiger charge is 2.63. The van der Waals surface area contributed by atoms with Crippen LogP contribution in [-0.2, 0) is 16.0 Å². The van der Waals surface area contributed by atoms with Gasteiger partial charge in [0.15, 0.2) is 3.79 Å². The monoisotopic (exact) mass is 334 g/mol. The molecule has 0 heterocycles. The normalized spacial score (nSPS) is 25.3. The van der Waals surface area contributed by atoms with E-state index < -0.39 is 3.79 Å². The van der Waals surface area contributed by atoms with Crippen molar-refractivity contribution in [3.05, 3.63) is 35.9 Å². The first-order valence-corrected chi connectivity index (χ1v) is 7.85. The van der Waals surface area contributed by atoms with E-state index in [9.17, 15) is 4.79 Å². The van der Waals surface area contributed by atoms with E-state index in [1.165, 1.54) is 5.56 Å². The highest BCUT2D eigenvalue weighted by Crippen LogP contribution is 2.60. The summed E-state index contributed by atoms with van der Waals surface area (Å²) in [6.07, 6.45) is 1.70. The Bertz CT molecular complexity index is 456. The second-order valence-electron chi connectivity index (χ2n) is 5.03. The average molecular weight is 336 g/mol. The van der Waals surface area contributed by atoms with Gasteiger partial charge >= 0.3 is 5.97 Å². The first kappa shape index (κ1) is 15.9. The van der Waals surface area contributed by atoms with Gasteiger partial charge in [-0.25, -0.2) is 0 Å². The minimum absolute atomic E-state index is 0.0850. The number of hydrogen-bond acceptors (Lipinski definition) is 2. The van der Waals surface area contributed by atoms with Gasteiger partial charge in [0.2, 0.25) is 0 Å². The van der Waals surface area contributed by atoms with Crippen LogP contribution in [0.3, 0.4) is 0 Å². The second-order valence-corrected chi connectivity index (χ2v) is 7.40. The van der Waals surface area contributed by atoms with Crippen molar-refractivity contribution >= 4 is 40.8 Å². The lowest BCUT2D eigenvalue weighted by molar-refractivity contribution is -0.145. The first-order chi connectivity index (χ1) is 9.45. The zero-order valence-corrected chi connectivity index (χ0v) is 13.5. The summed E-state index contributed by atoms with van der Waals surface area (Å²) in [4.78, 5) is 11.9. The van der Waals surface area contributed by atoms with Crippen LogP contribution in [0.25, 0.3) is 0 Å². The van der Waals surface area contributed by atoms with Gasteiger partial charge in [0, 0.05) is 5.92 Å². The molecule has 1 aliphatic carbocycles. The highest BCUT2D eigenvalue weighted by molar-refractivity contribution is 6.68. The predicted molar refractivity (Wildman–Crippen MR) is 82.2 cm³/mol. The van der Waals surface area contributed by atoms with E-state index in [-0.39, 0.29) is 23.7 Å². The van der Waals surface area contributed by atoms with Crippen LogP contribution in [0.4, 0.5) is 0 Å². The molecule has 0 saturated heterocycles. The topological polar surface area (TPSA) is 26.3 Å². The molecule has 2 nitrogen and oxygen atoms in total. The predicted octanol–water partition coefficient (Wildman–Crippen LogP) is 4.41. The van der Waals surface area contributed by atoms with Gasteiger partial charge in [-0.3, -0.25) is 4.79 Å². The van der Waals surface area contributed by atoms with Crippen molar-refractivity contribution in [2.45, 2.75) is 23.6 Å². The van der Waals surface area contributed by atoms with Crippen molar-refractivity contribution in [3.8, 4) is 0 Å². The van der Waals surface area contributed by atoms with Gasteiger partial charge in [-0.05, 0) is 31.2 Å². The van der Waals surface area contributed by atoms with E-state index in [0.29, 0.717) is 6.61 Å². The molecular weight excluding hydrogens is 319 g/mol. The van der Waals surface area contributed by atoms with E-state index >= 15 is 0 Å². The fourth-order valence-corrected chi connectivity index (χ4v) is 3.61. The minimum atomic E-state index is -1.40. The molecule has 0 amide bonds. The van der Waals surface area contributed by atoms with Crippen LogP contribution in [-0.4, -0.2) is 16.4 Å². The number of halogens is 3. The third-order valence-corrected chi connectivity index (χ3v) is 4.47. The van der Waals surface area contributed by atoms with Crippen molar-refractivity contribution in [2.24, 2.45) is 17.8 Å². The Morgan fingerprint density at radius 3 is 2.45 bits per heavy atom. The number of carbonyl (C=O) groups excluding carboxylic acids is 1. The van der Waals surface area contributed by atoms with Crippen LogP contribution in [0.15, 0.2) is 30.3 Å². The molecule has 5 heteroatoms. The Kier molecular flexibility index (Phi) is 5.22. The summed E-state index contributed by atoms with van der Waals surface area (Å²) >= 11 is 17.9. The summed E-state index contributed by atoms with van der Waals surface area (Å²) in [5.41, 5.74) is 1.23. The number of benzene rings is 1. The Morgan fingerprint density at radius 1 is 1.25 bits per heavy atom. The summed E-state index contributed by atoms with van der Waals surface area (Å²) in [5, 5.41) is 0. The molecule has 1 saturated carbocycles. The van der Waals surface area contributed by atoms with Gasteiger partial charge in [0.05, 0.1) is 12.5 Å². The zero-order valence-electron chi connectivity index (χ0n) is 11.2. The summed E-state index contributed by atoms with van der Waals surface area (Å²) < 4.78 is 3.65. The van der Waals surface area contributed by atoms with Gasteiger partial charge in [-0.1, -0.05) is 65.1 Å². The summed E-state index contributed by atoms with van der Waals surface area (Å²) in [5.74, 6) is -0.690. The van der Waals surface area contributed by atoms with E-state index in [4.69, 9.17) is 39.5 Å². The van der Waals surface area contributed by atoms with Crippen molar-refractivity contribution in [1.29, 1.82) is 0 Å². The summed E-state index contributed by atoms with van der Waals surface area (Å²) in [6.45, 7) is 2.14. The molecule has 0 aliphatic heterocycles. The fraction of sp³-hybridized carbons (Fsp3) is 0.533. The van der Waals surface area contributed by atoms with Crippen molar-refractivity contribution < 1.29 is 9.53 Å². The molecule has 0 radical (unpaired) electrons. The maximum absolute atomic E-state index is 11.9. The molecule has 0 aromatic heterocycles. The standard InChI is InChI=1S/C15H17Cl3O2/c1-2-20-14(19)12-11(13(12)15(16,17)18)9-8-10-6-4-3-5-7-10/h3-7,11-13H,2,8-9H2,1H3/t11-,12+,13+/m0/s1. The molecule has 1 fully saturated rings. The first-order valence-electron chi connectivity index (χ1n) is 6.72. The molecule has 20 heavy (non-hydrogen) atoms. The summed E-state index contributed by atoms with van der Waals surface area (Å²) in [6, 6.07) is 10.1. The second kappa shape index (κ2) is 6.55. The molecule has 2 rings (SSSR count). The third kappa shape index (κ3) is 3.81. The van der Waals surface area contributed by atoms with Crippen LogP contribution >= 0.6 is 34.8 Å². The molecule has 1 aliphatic rings. The molecule has 1 aromatic rings. The quantitative estimate of drug-likeness (QED) is 0.588. The van der Waals surface area contributed by atoms with Crippen LogP contribution in [0.1, 0.15) is 18.9 Å². The summed E-state index contributed by atoms with van der Waals surface area (Å²) in [7, 11) is 0. The van der Waals surface area contributed by atoms with Gasteiger partial charge in [-0.2, -0.15) is 0 Å². The fourth-order valence-electron chi connectivity index (χ4n) is 2.72. The number of rotatable bonds is 5. The van der Waals surface area contributed by atoms with Crippen molar-refractivity contribution in [1.82, 2.24) is 0 Å². The number of carbonyl (C=O) groups is 1. The van der Waals surface area contributed by atoms with Gasteiger partial charge in [-0.15, -0.1) is 0 Å². The van der Waals surface area contributed by atoms with E-state index in [1.807, 2.05) is 18.2 Å². The lowest BCUT2D eigenvalue weighted by Gasteiger charge is -2.10. The number of alkyl halides is 3.